The van der Waals surface area contributed by atoms with E-state index in [9.17, 15) is 4.79 Å². The van der Waals surface area contributed by atoms with Gasteiger partial charge in [-0.3, -0.25) is 9.78 Å². The second kappa shape index (κ2) is 9.44. The third kappa shape index (κ3) is 5.14. The first-order valence-corrected chi connectivity index (χ1v) is 10.9. The minimum Gasteiger partial charge on any atom is -0.368 e. The highest BCUT2D eigenvalue weighted by Gasteiger charge is 2.08. The fourth-order valence-corrected chi connectivity index (χ4v) is 3.60. The van der Waals surface area contributed by atoms with Crippen molar-refractivity contribution >= 4 is 51.5 Å². The zero-order valence-electron chi connectivity index (χ0n) is 18.9. The summed E-state index contributed by atoms with van der Waals surface area (Å²) in [5.74, 6) is 1.08. The molecule has 0 saturated heterocycles. The van der Waals surface area contributed by atoms with Crippen LogP contribution in [0.15, 0.2) is 85.2 Å². The van der Waals surface area contributed by atoms with Crippen molar-refractivity contribution < 1.29 is 4.79 Å². The Morgan fingerprint density at radius 1 is 0.829 bits per heavy atom. The van der Waals surface area contributed by atoms with Gasteiger partial charge >= 0.3 is 0 Å². The van der Waals surface area contributed by atoms with E-state index in [4.69, 9.17) is 5.73 Å². The van der Waals surface area contributed by atoms with Crippen molar-refractivity contribution in [1.29, 1.82) is 0 Å². The molecular weight excluding hydrogens is 440 g/mol. The summed E-state index contributed by atoms with van der Waals surface area (Å²) in [5, 5.41) is 10.3. The lowest BCUT2D eigenvalue weighted by atomic mass is 10.1. The number of nitrogens with zero attached hydrogens (tertiary/aromatic N) is 4. The summed E-state index contributed by atoms with van der Waals surface area (Å²) < 4.78 is 0. The van der Waals surface area contributed by atoms with Gasteiger partial charge in [-0.1, -0.05) is 18.2 Å². The minimum absolute atomic E-state index is 0.187. The van der Waals surface area contributed by atoms with Crippen LogP contribution in [0.4, 0.5) is 34.6 Å². The molecule has 0 aliphatic carbocycles. The van der Waals surface area contributed by atoms with Crippen molar-refractivity contribution in [3.8, 4) is 0 Å². The first-order valence-electron chi connectivity index (χ1n) is 10.9. The number of carbonyl (C=O) groups excluding carboxylic acids is 1. The number of amides is 1. The molecule has 0 aliphatic heterocycles. The zero-order valence-corrected chi connectivity index (χ0v) is 18.9. The Morgan fingerprint density at radius 3 is 2.40 bits per heavy atom. The van der Waals surface area contributed by atoms with Gasteiger partial charge in [-0.2, -0.15) is 4.98 Å². The molecule has 0 atom stereocenters. The quantitative estimate of drug-likeness (QED) is 0.276. The number of para-hydroxylation sites is 1. The van der Waals surface area contributed by atoms with Crippen LogP contribution < -0.4 is 21.7 Å². The number of nitrogens with one attached hydrogen (secondary N) is 3. The molecule has 172 valence electrons. The van der Waals surface area contributed by atoms with Gasteiger partial charge in [0.1, 0.15) is 11.6 Å². The van der Waals surface area contributed by atoms with Crippen LogP contribution in [0.5, 0.6) is 0 Å². The molecule has 1 amide bonds. The van der Waals surface area contributed by atoms with Gasteiger partial charge in [0.05, 0.1) is 17.4 Å². The molecule has 0 spiro atoms. The van der Waals surface area contributed by atoms with Gasteiger partial charge in [0.2, 0.25) is 5.95 Å². The molecule has 2 aromatic carbocycles. The van der Waals surface area contributed by atoms with Gasteiger partial charge in [0.15, 0.2) is 0 Å². The van der Waals surface area contributed by atoms with Crippen LogP contribution in [0.3, 0.4) is 0 Å². The fraction of sp³-hybridized carbons (Fsp3) is 0.0385. The molecule has 0 unspecified atom stereocenters. The smallest absolute Gasteiger partial charge is 0.255 e. The lowest BCUT2D eigenvalue weighted by Crippen LogP contribution is -2.12. The number of carbonyl (C=O) groups is 1. The Bertz CT molecular complexity index is 1480. The Kier molecular flexibility index (Phi) is 5.87. The number of nitrogens with two attached hydrogens (primary N) is 1. The first-order chi connectivity index (χ1) is 17.0. The highest BCUT2D eigenvalue weighted by Crippen LogP contribution is 2.25. The summed E-state index contributed by atoms with van der Waals surface area (Å²) in [4.78, 5) is 29.6. The second-order valence-corrected chi connectivity index (χ2v) is 7.84. The minimum atomic E-state index is -0.229. The Hall–Kier alpha value is -5.05. The predicted molar refractivity (Wildman–Crippen MR) is 138 cm³/mol. The van der Waals surface area contributed by atoms with Gasteiger partial charge in [-0.15, -0.1) is 0 Å². The summed E-state index contributed by atoms with van der Waals surface area (Å²) >= 11 is 0. The Labute approximate surface area is 201 Å². The standard InChI is InChI=1S/C26H22N8O/c1-16-14-24(34-26(27)30-16)33-23-11-10-19(15-29-23)32-25(35)17-6-8-18(9-7-17)31-22-12-13-28-21-5-3-2-4-20(21)22/h2-15H,1H3,(H,28,31)(H,32,35)(H3,27,29,30,33,34). The summed E-state index contributed by atoms with van der Waals surface area (Å²) in [6.45, 7) is 1.83. The highest BCUT2D eigenvalue weighted by molar-refractivity contribution is 6.04. The van der Waals surface area contributed by atoms with Crippen molar-refractivity contribution in [2.24, 2.45) is 0 Å². The van der Waals surface area contributed by atoms with E-state index < -0.39 is 0 Å². The second-order valence-electron chi connectivity index (χ2n) is 7.84. The summed E-state index contributed by atoms with van der Waals surface area (Å²) in [6, 6.07) is 22.4. The molecular formula is C26H22N8O. The topological polar surface area (TPSA) is 131 Å². The van der Waals surface area contributed by atoms with Crippen molar-refractivity contribution in [2.45, 2.75) is 6.92 Å². The molecule has 0 aliphatic rings. The molecule has 3 heterocycles. The number of aromatic nitrogens is 4. The summed E-state index contributed by atoms with van der Waals surface area (Å²) in [5.41, 5.74) is 10.3. The number of benzene rings is 2. The summed E-state index contributed by atoms with van der Waals surface area (Å²) in [7, 11) is 0. The fourth-order valence-electron chi connectivity index (χ4n) is 3.60. The van der Waals surface area contributed by atoms with Gasteiger partial charge in [0, 0.05) is 40.3 Å². The average Bonchev–Trinajstić information content (AvgIpc) is 2.85. The maximum Gasteiger partial charge on any atom is 0.255 e. The molecule has 9 nitrogen and oxygen atoms in total. The molecule has 0 radical (unpaired) electrons. The average molecular weight is 463 g/mol. The molecule has 9 heteroatoms. The molecule has 3 aromatic heterocycles. The lowest BCUT2D eigenvalue weighted by molar-refractivity contribution is 0.102. The first kappa shape index (κ1) is 21.8. The van der Waals surface area contributed by atoms with Gasteiger partial charge in [-0.25, -0.2) is 9.97 Å². The van der Waals surface area contributed by atoms with E-state index >= 15 is 0 Å². The number of hydrogen-bond acceptors (Lipinski definition) is 8. The number of aryl methyl sites for hydroxylation is 1. The molecule has 5 aromatic rings. The molecule has 5 rings (SSSR count). The molecule has 0 bridgehead atoms. The van der Waals surface area contributed by atoms with Crippen LogP contribution in [0.2, 0.25) is 0 Å². The van der Waals surface area contributed by atoms with E-state index in [2.05, 4.69) is 35.9 Å². The van der Waals surface area contributed by atoms with Gasteiger partial charge < -0.3 is 21.7 Å². The van der Waals surface area contributed by atoms with E-state index in [-0.39, 0.29) is 11.9 Å². The normalized spacial score (nSPS) is 10.7. The van der Waals surface area contributed by atoms with Crippen molar-refractivity contribution in [3.05, 3.63) is 96.4 Å². The van der Waals surface area contributed by atoms with Crippen LogP contribution in [-0.2, 0) is 0 Å². The van der Waals surface area contributed by atoms with Gasteiger partial charge in [-0.05, 0) is 55.5 Å². The van der Waals surface area contributed by atoms with Crippen LogP contribution in [0.25, 0.3) is 10.9 Å². The number of anilines is 6. The third-order valence-electron chi connectivity index (χ3n) is 5.22. The van der Waals surface area contributed by atoms with E-state index in [1.54, 1.807) is 42.7 Å². The zero-order chi connectivity index (χ0) is 24.2. The third-order valence-corrected chi connectivity index (χ3v) is 5.22. The van der Waals surface area contributed by atoms with Crippen LogP contribution >= 0.6 is 0 Å². The maximum absolute atomic E-state index is 12.7. The highest BCUT2D eigenvalue weighted by atomic mass is 16.1. The van der Waals surface area contributed by atoms with Crippen LogP contribution in [-0.4, -0.2) is 25.8 Å². The van der Waals surface area contributed by atoms with Gasteiger partial charge in [0.25, 0.3) is 5.91 Å². The van der Waals surface area contributed by atoms with Crippen LogP contribution in [0, 0.1) is 6.92 Å². The maximum atomic E-state index is 12.7. The van der Waals surface area contributed by atoms with Crippen LogP contribution in [0.1, 0.15) is 16.1 Å². The lowest BCUT2D eigenvalue weighted by Gasteiger charge is -2.11. The Morgan fingerprint density at radius 2 is 1.63 bits per heavy atom. The predicted octanol–water partition coefficient (Wildman–Crippen LogP) is 5.05. The number of fused-ring (bicyclic) bond motifs is 1. The molecule has 0 fully saturated rings. The number of rotatable bonds is 6. The number of hydrogen-bond donors (Lipinski definition) is 4. The van der Waals surface area contributed by atoms with Crippen molar-refractivity contribution in [1.82, 2.24) is 19.9 Å². The van der Waals surface area contributed by atoms with E-state index in [1.807, 2.05) is 49.4 Å². The molecule has 0 saturated carbocycles. The molecule has 35 heavy (non-hydrogen) atoms. The Balaban J connectivity index is 1.23. The monoisotopic (exact) mass is 462 g/mol. The summed E-state index contributed by atoms with van der Waals surface area (Å²) in [6.07, 6.45) is 3.34. The van der Waals surface area contributed by atoms with E-state index in [0.717, 1.165) is 28.0 Å². The number of nitrogen functional groups attached to an aromatic ring is 1. The van der Waals surface area contributed by atoms with E-state index in [1.165, 1.54) is 0 Å². The molecule has 5 N–H and O–H groups in total. The number of pyridine rings is 2. The van der Waals surface area contributed by atoms with Crippen molar-refractivity contribution in [2.75, 3.05) is 21.7 Å². The largest absolute Gasteiger partial charge is 0.368 e. The van der Waals surface area contributed by atoms with Crippen molar-refractivity contribution in [3.63, 3.8) is 0 Å². The SMILES string of the molecule is Cc1cc(Nc2ccc(NC(=O)c3ccc(Nc4ccnc5ccccc45)cc3)cn2)nc(N)n1. The van der Waals surface area contributed by atoms with E-state index in [0.29, 0.717) is 22.9 Å².